The Hall–Kier alpha value is -2.94. The number of nitrogens with one attached hydrogen (secondary N) is 5. The van der Waals surface area contributed by atoms with Crippen molar-refractivity contribution in [3.8, 4) is 11.1 Å². The number of benzene rings is 2. The van der Waals surface area contributed by atoms with Crippen LogP contribution in [0.1, 0.15) is 81.3 Å². The Kier molecular flexibility index (Phi) is 38.8. The third-order valence-corrected chi connectivity index (χ3v) is 15.7. The molecule has 2 aromatic rings. The molecule has 2 heterocycles. The zero-order valence-electron chi connectivity index (χ0n) is 47.6. The van der Waals surface area contributed by atoms with Crippen molar-refractivity contribution in [3.63, 3.8) is 0 Å². The van der Waals surface area contributed by atoms with Crippen LogP contribution in [0.15, 0.2) is 48.5 Å². The number of carbonyl (C=O) groups is 3. The lowest BCUT2D eigenvalue weighted by molar-refractivity contribution is -0.122. The van der Waals surface area contributed by atoms with E-state index in [0.29, 0.717) is 207 Å². The number of aryl methyl sites for hydroxylation is 1. The second-order valence-electron chi connectivity index (χ2n) is 20.4. The number of hydrogen-bond acceptors (Lipinski definition) is 17. The van der Waals surface area contributed by atoms with Gasteiger partial charge in [0.1, 0.15) is 0 Å². The normalized spacial score (nSPS) is 20.9. The van der Waals surface area contributed by atoms with Crippen LogP contribution >= 0.6 is 36.6 Å². The number of urea groups is 1. The quantitative estimate of drug-likeness (QED) is 0.0378. The number of fused-ring (bicyclic) bond motifs is 1. The number of ether oxygens (including phenoxy) is 11. The number of unbranched alkanes of at least 4 members (excludes halogenated alkanes) is 1. The summed E-state index contributed by atoms with van der Waals surface area (Å²) in [5.74, 6) is 1.62. The van der Waals surface area contributed by atoms with Crippen LogP contribution < -0.4 is 32.3 Å². The maximum absolute atomic E-state index is 12.5. The lowest BCUT2D eigenvalue weighted by Crippen LogP contribution is -2.38. The van der Waals surface area contributed by atoms with Crippen molar-refractivity contribution in [2.45, 2.75) is 112 Å². The van der Waals surface area contributed by atoms with Crippen molar-refractivity contribution >= 4 is 54.4 Å². The topological polar surface area (TPSA) is 239 Å². The number of thioether (sulfide) groups is 1. The van der Waals surface area contributed by atoms with Crippen molar-refractivity contribution in [2.75, 3.05) is 164 Å². The van der Waals surface area contributed by atoms with Gasteiger partial charge in [-0.2, -0.15) is 11.8 Å². The SMILES string of the molecule is Cl.Cl.NC1CCC(NC2CC2c2ccc(-c3cccc(CCC(=O)NCCOCCOCCOCCOCCOCCOCCOCCOCCOCCOCCOCCNC(=O)CCCC[C@@H]4SC[C@@H]5NC(=O)N[C@@H]54)c3)cc2)CC1. The molecule has 6 rings (SSSR count). The Morgan fingerprint density at radius 1 is 0.556 bits per heavy atom. The fourth-order valence-corrected chi connectivity index (χ4v) is 11.2. The van der Waals surface area contributed by atoms with Crippen molar-refractivity contribution in [1.29, 1.82) is 0 Å². The van der Waals surface area contributed by atoms with Gasteiger partial charge in [0.05, 0.1) is 157 Å². The van der Waals surface area contributed by atoms with Gasteiger partial charge in [0.15, 0.2) is 0 Å². The van der Waals surface area contributed by atoms with E-state index in [-0.39, 0.29) is 54.7 Å². The molecule has 0 bridgehead atoms. The molecule has 0 radical (unpaired) electrons. The summed E-state index contributed by atoms with van der Waals surface area (Å²) in [5, 5.41) is 16.1. The van der Waals surface area contributed by atoms with Gasteiger partial charge < -0.3 is 84.4 Å². The van der Waals surface area contributed by atoms with Crippen LogP contribution in [-0.4, -0.2) is 217 Å². The van der Waals surface area contributed by atoms with E-state index in [1.165, 1.54) is 36.0 Å². The molecule has 81 heavy (non-hydrogen) atoms. The van der Waals surface area contributed by atoms with Crippen molar-refractivity contribution in [3.05, 3.63) is 59.7 Å². The molecule has 2 saturated heterocycles. The van der Waals surface area contributed by atoms with Crippen LogP contribution in [0.3, 0.4) is 0 Å². The molecule has 2 unspecified atom stereocenters. The minimum absolute atomic E-state index is 0. The van der Waals surface area contributed by atoms with Crippen LogP contribution in [0, 0.1) is 0 Å². The monoisotopic (exact) mass is 1200 g/mol. The van der Waals surface area contributed by atoms with Gasteiger partial charge in [-0.05, 0) is 73.6 Å². The van der Waals surface area contributed by atoms with Crippen molar-refractivity contribution < 1.29 is 66.5 Å². The maximum atomic E-state index is 12.5. The number of carbonyl (C=O) groups excluding carboxylic acids is 3. The van der Waals surface area contributed by atoms with Gasteiger partial charge in [0.25, 0.3) is 0 Å². The summed E-state index contributed by atoms with van der Waals surface area (Å²) in [6, 6.07) is 19.5. The van der Waals surface area contributed by atoms with E-state index in [1.807, 2.05) is 11.8 Å². The Morgan fingerprint density at radius 3 is 1.52 bits per heavy atom. The van der Waals surface area contributed by atoms with Crippen LogP contribution in [0.2, 0.25) is 0 Å². The van der Waals surface area contributed by atoms with Gasteiger partial charge in [-0.1, -0.05) is 55.0 Å². The Bertz CT molecular complexity index is 1950. The zero-order valence-corrected chi connectivity index (χ0v) is 50.1. The highest BCUT2D eigenvalue weighted by molar-refractivity contribution is 8.00. The molecule has 5 atom stereocenters. The second-order valence-corrected chi connectivity index (χ2v) is 21.6. The summed E-state index contributed by atoms with van der Waals surface area (Å²) in [6.07, 6.45) is 10.3. The summed E-state index contributed by atoms with van der Waals surface area (Å²) in [5.41, 5.74) is 11.0. The fourth-order valence-electron chi connectivity index (χ4n) is 9.70. The van der Waals surface area contributed by atoms with Crippen LogP contribution in [0.4, 0.5) is 4.79 Å². The van der Waals surface area contributed by atoms with Gasteiger partial charge in [-0.15, -0.1) is 24.8 Å². The molecule has 7 N–H and O–H groups in total. The van der Waals surface area contributed by atoms with Crippen LogP contribution in [0.25, 0.3) is 11.1 Å². The predicted molar refractivity (Wildman–Crippen MR) is 318 cm³/mol. The number of rotatable bonds is 48. The van der Waals surface area contributed by atoms with Gasteiger partial charge in [0, 0.05) is 61.0 Å². The van der Waals surface area contributed by atoms with Gasteiger partial charge >= 0.3 is 6.03 Å². The highest BCUT2D eigenvalue weighted by Gasteiger charge is 2.42. The van der Waals surface area contributed by atoms with Crippen molar-refractivity contribution in [2.24, 2.45) is 5.73 Å². The van der Waals surface area contributed by atoms with Gasteiger partial charge in [-0.25, -0.2) is 4.79 Å². The largest absolute Gasteiger partial charge is 0.377 e. The lowest BCUT2D eigenvalue weighted by Gasteiger charge is -2.27. The van der Waals surface area contributed by atoms with E-state index in [9.17, 15) is 14.4 Å². The Balaban J connectivity index is 0.00000706. The zero-order chi connectivity index (χ0) is 55.2. The minimum atomic E-state index is -0.0632. The van der Waals surface area contributed by atoms with E-state index in [4.69, 9.17) is 57.8 Å². The number of nitrogens with two attached hydrogens (primary N) is 1. The first kappa shape index (κ1) is 70.5. The summed E-state index contributed by atoms with van der Waals surface area (Å²) in [4.78, 5) is 36.1. The second kappa shape index (κ2) is 44.5. The molecule has 4 amide bonds. The third kappa shape index (κ3) is 31.1. The first-order valence-corrected chi connectivity index (χ1v) is 30.2. The highest BCUT2D eigenvalue weighted by atomic mass is 35.5. The van der Waals surface area contributed by atoms with E-state index >= 15 is 0 Å². The average molecular weight is 1200 g/mol. The first-order chi connectivity index (χ1) is 38.9. The van der Waals surface area contributed by atoms with E-state index in [0.717, 1.165) is 43.4 Å². The van der Waals surface area contributed by atoms with E-state index in [2.05, 4.69) is 75.1 Å². The maximum Gasteiger partial charge on any atom is 0.315 e. The predicted octanol–water partition coefficient (Wildman–Crippen LogP) is 4.99. The summed E-state index contributed by atoms with van der Waals surface area (Å²) in [6.45, 7) is 11.3. The van der Waals surface area contributed by atoms with Crippen molar-refractivity contribution in [1.82, 2.24) is 26.6 Å². The molecular weight excluding hydrogens is 1110 g/mol. The Labute approximate surface area is 498 Å². The smallest absolute Gasteiger partial charge is 0.315 e. The molecule has 2 saturated carbocycles. The molecule has 0 aromatic heterocycles. The molecule has 4 fully saturated rings. The Morgan fingerprint density at radius 2 is 1.02 bits per heavy atom. The molecule has 20 nitrogen and oxygen atoms in total. The molecule has 2 aliphatic heterocycles. The van der Waals surface area contributed by atoms with E-state index < -0.39 is 0 Å². The number of amides is 4. The van der Waals surface area contributed by atoms with Crippen LogP contribution in [0.5, 0.6) is 0 Å². The number of hydrogen-bond donors (Lipinski definition) is 6. The molecule has 0 spiro atoms. The molecule has 23 heteroatoms. The summed E-state index contributed by atoms with van der Waals surface area (Å²) in [7, 11) is 0. The molecular formula is C58H96Cl2N6O14S. The number of halogens is 2. The molecule has 2 aliphatic carbocycles. The van der Waals surface area contributed by atoms with Gasteiger partial charge in [0.2, 0.25) is 11.8 Å². The average Bonchev–Trinajstić information content (AvgIpc) is 4.20. The highest BCUT2D eigenvalue weighted by Crippen LogP contribution is 2.42. The molecule has 462 valence electrons. The first-order valence-electron chi connectivity index (χ1n) is 29.2. The third-order valence-electron chi connectivity index (χ3n) is 14.2. The summed E-state index contributed by atoms with van der Waals surface area (Å²) >= 11 is 1.90. The minimum Gasteiger partial charge on any atom is -0.377 e. The van der Waals surface area contributed by atoms with Crippen LogP contribution in [-0.2, 0) is 68.1 Å². The standard InChI is InChI=1S/C58H94N6O14S.2ClH/c59-49-13-15-50(16-14-49)62-52-43-51(52)47-11-9-46(10-12-47)48-5-3-4-45(42-48)8-17-56(66)61-19-21-69-23-25-71-27-29-73-31-33-75-35-37-77-39-41-78-40-38-76-36-34-74-32-30-72-28-26-70-24-22-68-20-18-60-55(65)7-2-1-6-54-57-53(44-79-54)63-58(67)64-57;;/h3-5,9-12,42,49-54,57,62H,1-2,6-8,13-41,43-44,59H2,(H,60,65)(H,61,66)(H2,63,64,67);2*1H/t49?,50?,51?,52?,53-,54-,57-;;/m0../s1. The van der Waals surface area contributed by atoms with Gasteiger partial charge in [-0.3, -0.25) is 9.59 Å². The molecule has 2 aromatic carbocycles. The lowest BCUT2D eigenvalue weighted by atomic mass is 9.91. The summed E-state index contributed by atoms with van der Waals surface area (Å²) < 4.78 is 61.0. The fraction of sp³-hybridized carbons (Fsp3) is 0.741. The van der Waals surface area contributed by atoms with E-state index in [1.54, 1.807) is 0 Å². The molecule has 4 aliphatic rings.